The molecule has 0 heteroatoms. The Bertz CT molecular complexity index is 94.6. The molecular weight excluding hydrogens is 132 g/mol. The van der Waals surface area contributed by atoms with Crippen molar-refractivity contribution in [3.05, 3.63) is 0 Å². The molecule has 11 heavy (non-hydrogen) atoms. The Morgan fingerprint density at radius 2 is 1.45 bits per heavy atom. The summed E-state index contributed by atoms with van der Waals surface area (Å²) in [4.78, 5) is 0. The zero-order valence-electron chi connectivity index (χ0n) is 8.27. The van der Waals surface area contributed by atoms with Crippen LogP contribution in [0.15, 0.2) is 0 Å². The van der Waals surface area contributed by atoms with Crippen LogP contribution >= 0.6 is 0 Å². The van der Waals surface area contributed by atoms with Gasteiger partial charge >= 0.3 is 0 Å². The quantitative estimate of drug-likeness (QED) is 0.566. The van der Waals surface area contributed by atoms with Crippen molar-refractivity contribution in [3.8, 4) is 0 Å². The summed E-state index contributed by atoms with van der Waals surface area (Å²) in [7, 11) is 0. The molecule has 0 bridgehead atoms. The van der Waals surface area contributed by atoms with Gasteiger partial charge in [0.15, 0.2) is 0 Å². The summed E-state index contributed by atoms with van der Waals surface area (Å²) in [6.07, 6.45) is 7.28. The average molecular weight is 154 g/mol. The maximum atomic E-state index is 2.46. The molecule has 1 aliphatic carbocycles. The molecule has 66 valence electrons. The van der Waals surface area contributed by atoms with E-state index in [0.717, 1.165) is 17.8 Å². The van der Waals surface area contributed by atoms with Crippen LogP contribution in [0.4, 0.5) is 0 Å². The maximum absolute atomic E-state index is 2.46. The van der Waals surface area contributed by atoms with Crippen molar-refractivity contribution < 1.29 is 0 Å². The third kappa shape index (κ3) is 1.98. The van der Waals surface area contributed by atoms with E-state index in [2.05, 4.69) is 20.8 Å². The van der Waals surface area contributed by atoms with Crippen molar-refractivity contribution in [3.63, 3.8) is 0 Å². The van der Waals surface area contributed by atoms with Crippen LogP contribution in [0.1, 0.15) is 52.9 Å². The second-order valence-corrected chi connectivity index (χ2v) is 4.13. The third-order valence-corrected chi connectivity index (χ3v) is 3.69. The van der Waals surface area contributed by atoms with Crippen molar-refractivity contribution in [2.45, 2.75) is 52.9 Å². The van der Waals surface area contributed by atoms with E-state index in [9.17, 15) is 0 Å². The van der Waals surface area contributed by atoms with Crippen LogP contribution in [0.25, 0.3) is 0 Å². The van der Waals surface area contributed by atoms with Gasteiger partial charge in [0.2, 0.25) is 0 Å². The molecule has 2 atom stereocenters. The van der Waals surface area contributed by atoms with Gasteiger partial charge in [-0.2, -0.15) is 0 Å². The van der Waals surface area contributed by atoms with E-state index in [-0.39, 0.29) is 0 Å². The van der Waals surface area contributed by atoms with Crippen molar-refractivity contribution >= 4 is 0 Å². The lowest BCUT2D eigenvalue weighted by atomic mass is 9.71. The largest absolute Gasteiger partial charge is 0.0651 e. The molecule has 0 radical (unpaired) electrons. The second kappa shape index (κ2) is 4.13. The maximum Gasteiger partial charge on any atom is -0.0386 e. The normalized spacial score (nSPS) is 39.0. The zero-order valence-corrected chi connectivity index (χ0v) is 8.27. The molecule has 0 spiro atoms. The van der Waals surface area contributed by atoms with Crippen molar-refractivity contribution in [2.24, 2.45) is 17.8 Å². The fourth-order valence-corrected chi connectivity index (χ4v) is 2.70. The zero-order chi connectivity index (χ0) is 8.27. The predicted octanol–water partition coefficient (Wildman–Crippen LogP) is 3.86. The molecule has 1 rings (SSSR count). The molecule has 0 nitrogen and oxygen atoms in total. The SMILES string of the molecule is CCC1CCCC(CC)C1C. The summed E-state index contributed by atoms with van der Waals surface area (Å²) < 4.78 is 0. The number of hydrogen-bond donors (Lipinski definition) is 0. The summed E-state index contributed by atoms with van der Waals surface area (Å²) in [6, 6.07) is 0. The van der Waals surface area contributed by atoms with Crippen molar-refractivity contribution in [1.29, 1.82) is 0 Å². The summed E-state index contributed by atoms with van der Waals surface area (Å²) >= 11 is 0. The first-order valence-electron chi connectivity index (χ1n) is 5.29. The van der Waals surface area contributed by atoms with Crippen LogP contribution in [0, 0.1) is 17.8 Å². The molecule has 0 aromatic carbocycles. The summed E-state index contributed by atoms with van der Waals surface area (Å²) in [6.45, 7) is 7.15. The van der Waals surface area contributed by atoms with Gasteiger partial charge in [-0.05, 0) is 17.8 Å². The van der Waals surface area contributed by atoms with Gasteiger partial charge in [-0.1, -0.05) is 52.9 Å². The molecule has 1 fully saturated rings. The summed E-state index contributed by atoms with van der Waals surface area (Å²) in [5.41, 5.74) is 0. The Balaban J connectivity index is 2.45. The fourth-order valence-electron chi connectivity index (χ4n) is 2.70. The molecule has 0 heterocycles. The average Bonchev–Trinajstić information content (AvgIpc) is 2.05. The molecule has 0 N–H and O–H groups in total. The molecule has 1 aliphatic rings. The van der Waals surface area contributed by atoms with Crippen LogP contribution in [0.5, 0.6) is 0 Å². The second-order valence-electron chi connectivity index (χ2n) is 4.13. The highest BCUT2D eigenvalue weighted by Crippen LogP contribution is 2.37. The van der Waals surface area contributed by atoms with Gasteiger partial charge in [-0.25, -0.2) is 0 Å². The fraction of sp³-hybridized carbons (Fsp3) is 1.00. The van der Waals surface area contributed by atoms with E-state index < -0.39 is 0 Å². The van der Waals surface area contributed by atoms with Crippen LogP contribution in [0.3, 0.4) is 0 Å². The van der Waals surface area contributed by atoms with E-state index >= 15 is 0 Å². The van der Waals surface area contributed by atoms with Gasteiger partial charge in [-0.15, -0.1) is 0 Å². The van der Waals surface area contributed by atoms with Crippen LogP contribution in [-0.2, 0) is 0 Å². The minimum absolute atomic E-state index is 0.999. The van der Waals surface area contributed by atoms with Crippen LogP contribution in [0.2, 0.25) is 0 Å². The highest BCUT2D eigenvalue weighted by molar-refractivity contribution is 4.77. The lowest BCUT2D eigenvalue weighted by molar-refractivity contribution is 0.160. The molecular formula is C11H22. The summed E-state index contributed by atoms with van der Waals surface area (Å²) in [5.74, 6) is 3.07. The van der Waals surface area contributed by atoms with Crippen LogP contribution < -0.4 is 0 Å². The highest BCUT2D eigenvalue weighted by Gasteiger charge is 2.26. The van der Waals surface area contributed by atoms with E-state index in [1.54, 1.807) is 0 Å². The van der Waals surface area contributed by atoms with Gasteiger partial charge in [0.05, 0.1) is 0 Å². The lowest BCUT2D eigenvalue weighted by Gasteiger charge is -2.35. The Hall–Kier alpha value is 0. The van der Waals surface area contributed by atoms with Gasteiger partial charge in [-0.3, -0.25) is 0 Å². The van der Waals surface area contributed by atoms with E-state index in [1.807, 2.05) is 0 Å². The van der Waals surface area contributed by atoms with E-state index in [4.69, 9.17) is 0 Å². The van der Waals surface area contributed by atoms with Gasteiger partial charge in [0.25, 0.3) is 0 Å². The standard InChI is InChI=1S/C11H22/c1-4-10-7-6-8-11(5-2)9(10)3/h9-11H,4-8H2,1-3H3. The Morgan fingerprint density at radius 3 is 1.82 bits per heavy atom. The van der Waals surface area contributed by atoms with Crippen molar-refractivity contribution in [2.75, 3.05) is 0 Å². The molecule has 1 saturated carbocycles. The number of rotatable bonds is 2. The van der Waals surface area contributed by atoms with Crippen LogP contribution in [-0.4, -0.2) is 0 Å². The Kier molecular flexibility index (Phi) is 3.42. The van der Waals surface area contributed by atoms with Crippen molar-refractivity contribution in [1.82, 2.24) is 0 Å². The summed E-state index contributed by atoms with van der Waals surface area (Å²) in [5, 5.41) is 0. The molecule has 0 saturated heterocycles. The van der Waals surface area contributed by atoms with Gasteiger partial charge in [0, 0.05) is 0 Å². The third-order valence-electron chi connectivity index (χ3n) is 3.69. The highest BCUT2D eigenvalue weighted by atomic mass is 14.3. The van der Waals surface area contributed by atoms with Gasteiger partial charge in [0.1, 0.15) is 0 Å². The topological polar surface area (TPSA) is 0 Å². The first kappa shape index (κ1) is 9.09. The minimum atomic E-state index is 0.999. The smallest absolute Gasteiger partial charge is 0.0386 e. The van der Waals surface area contributed by atoms with E-state index in [1.165, 1.54) is 32.1 Å². The first-order chi connectivity index (χ1) is 5.29. The Morgan fingerprint density at radius 1 is 1.00 bits per heavy atom. The molecule has 0 amide bonds. The minimum Gasteiger partial charge on any atom is -0.0651 e. The first-order valence-corrected chi connectivity index (χ1v) is 5.29. The molecule has 0 aliphatic heterocycles. The molecule has 0 aromatic rings. The number of hydrogen-bond acceptors (Lipinski definition) is 0. The molecule has 0 aromatic heterocycles. The molecule has 2 unspecified atom stereocenters. The lowest BCUT2D eigenvalue weighted by Crippen LogP contribution is -2.24. The monoisotopic (exact) mass is 154 g/mol. The van der Waals surface area contributed by atoms with Gasteiger partial charge < -0.3 is 0 Å². The van der Waals surface area contributed by atoms with E-state index in [0.29, 0.717) is 0 Å². The Labute approximate surface area is 71.4 Å². The predicted molar refractivity (Wildman–Crippen MR) is 50.6 cm³/mol.